The molecule has 1 saturated carbocycles. The number of nitrogens with one attached hydrogen (secondary N) is 1. The van der Waals surface area contributed by atoms with Crippen LogP contribution in [0.3, 0.4) is 0 Å². The maximum atomic E-state index is 5.79. The molecule has 138 valence electrons. The summed E-state index contributed by atoms with van der Waals surface area (Å²) in [6, 6.07) is 22.5. The first-order valence-corrected chi connectivity index (χ1v) is 10.1. The Labute approximate surface area is 157 Å². The minimum Gasteiger partial charge on any atom is -0.494 e. The quantitative estimate of drug-likeness (QED) is 0.727. The highest BCUT2D eigenvalue weighted by atomic mass is 16.5. The third-order valence-electron chi connectivity index (χ3n) is 5.69. The molecule has 2 aromatic carbocycles. The molecule has 2 aromatic rings. The molecule has 1 aliphatic carbocycles. The van der Waals surface area contributed by atoms with Crippen molar-refractivity contribution in [2.24, 2.45) is 0 Å². The van der Waals surface area contributed by atoms with Gasteiger partial charge in [-0.2, -0.15) is 0 Å². The average molecular weight is 351 g/mol. The Morgan fingerprint density at radius 3 is 2.35 bits per heavy atom. The molecule has 0 radical (unpaired) electrons. The summed E-state index contributed by atoms with van der Waals surface area (Å²) < 4.78 is 5.79. The van der Waals surface area contributed by atoms with Gasteiger partial charge >= 0.3 is 0 Å². The molecule has 3 nitrogen and oxygen atoms in total. The Balaban J connectivity index is 1.10. The van der Waals surface area contributed by atoms with Crippen LogP contribution in [0.5, 0.6) is 5.75 Å². The number of para-hydroxylation sites is 1. The van der Waals surface area contributed by atoms with Crippen molar-refractivity contribution < 1.29 is 4.74 Å². The van der Waals surface area contributed by atoms with Crippen LogP contribution >= 0.6 is 0 Å². The van der Waals surface area contributed by atoms with Gasteiger partial charge < -0.3 is 15.0 Å². The van der Waals surface area contributed by atoms with E-state index in [1.807, 2.05) is 30.3 Å². The molecule has 1 saturated heterocycles. The van der Waals surface area contributed by atoms with E-state index in [-0.39, 0.29) is 0 Å². The Hall–Kier alpha value is -1.84. The van der Waals surface area contributed by atoms with Gasteiger partial charge in [0.05, 0.1) is 6.61 Å². The molecule has 0 aromatic heterocycles. The predicted octanol–water partition coefficient (Wildman–Crippen LogP) is 4.07. The number of rotatable bonds is 8. The Bertz CT molecular complexity index is 652. The molecular formula is C23H30N2O. The third kappa shape index (κ3) is 4.87. The van der Waals surface area contributed by atoms with Crippen LogP contribution in [0.25, 0.3) is 0 Å². The van der Waals surface area contributed by atoms with Crippen molar-refractivity contribution in [3.05, 3.63) is 66.2 Å². The number of piperidine rings is 1. The monoisotopic (exact) mass is 350 g/mol. The fourth-order valence-corrected chi connectivity index (χ4v) is 4.07. The topological polar surface area (TPSA) is 24.5 Å². The van der Waals surface area contributed by atoms with Crippen LogP contribution in [-0.4, -0.2) is 43.2 Å². The minimum absolute atomic E-state index is 0.700. The highest BCUT2D eigenvalue weighted by molar-refractivity contribution is 5.27. The maximum absolute atomic E-state index is 5.79. The van der Waals surface area contributed by atoms with E-state index in [2.05, 4.69) is 40.5 Å². The van der Waals surface area contributed by atoms with Crippen LogP contribution in [0.4, 0.5) is 0 Å². The number of benzene rings is 2. The van der Waals surface area contributed by atoms with E-state index >= 15 is 0 Å². The summed E-state index contributed by atoms with van der Waals surface area (Å²) in [5.41, 5.74) is 1.50. The second kappa shape index (κ2) is 8.70. The van der Waals surface area contributed by atoms with E-state index in [1.165, 1.54) is 37.9 Å². The van der Waals surface area contributed by atoms with Crippen molar-refractivity contribution in [2.45, 2.75) is 43.7 Å². The number of nitrogens with zero attached hydrogens (tertiary/aromatic N) is 1. The molecule has 2 fully saturated rings. The molecule has 0 bridgehead atoms. The first-order chi connectivity index (χ1) is 12.9. The van der Waals surface area contributed by atoms with E-state index in [0.29, 0.717) is 12.1 Å². The lowest BCUT2D eigenvalue weighted by atomic mass is 10.0. The van der Waals surface area contributed by atoms with Crippen LogP contribution in [0.1, 0.15) is 37.2 Å². The van der Waals surface area contributed by atoms with E-state index in [1.54, 1.807) is 0 Å². The van der Waals surface area contributed by atoms with Gasteiger partial charge in [0, 0.05) is 24.5 Å². The molecule has 0 amide bonds. The highest BCUT2D eigenvalue weighted by Crippen LogP contribution is 2.41. The summed E-state index contributed by atoms with van der Waals surface area (Å²) in [6.45, 7) is 4.39. The van der Waals surface area contributed by atoms with Gasteiger partial charge in [-0.1, -0.05) is 48.5 Å². The number of hydrogen-bond donors (Lipinski definition) is 1. The first-order valence-electron chi connectivity index (χ1n) is 10.1. The molecule has 1 heterocycles. The summed E-state index contributed by atoms with van der Waals surface area (Å²) in [4.78, 5) is 2.59. The highest BCUT2D eigenvalue weighted by Gasteiger charge is 2.39. The van der Waals surface area contributed by atoms with Crippen molar-refractivity contribution in [1.29, 1.82) is 0 Å². The van der Waals surface area contributed by atoms with Gasteiger partial charge in [-0.05, 0) is 56.5 Å². The smallest absolute Gasteiger partial charge is 0.119 e. The Morgan fingerprint density at radius 2 is 1.62 bits per heavy atom. The second-order valence-corrected chi connectivity index (χ2v) is 7.66. The van der Waals surface area contributed by atoms with Crippen molar-refractivity contribution in [1.82, 2.24) is 10.2 Å². The summed E-state index contributed by atoms with van der Waals surface area (Å²) in [5.74, 6) is 1.72. The summed E-state index contributed by atoms with van der Waals surface area (Å²) in [6.07, 6.45) is 4.96. The van der Waals surface area contributed by atoms with E-state index in [0.717, 1.165) is 31.2 Å². The zero-order valence-electron chi connectivity index (χ0n) is 15.5. The van der Waals surface area contributed by atoms with E-state index < -0.39 is 0 Å². The van der Waals surface area contributed by atoms with Crippen LogP contribution in [-0.2, 0) is 0 Å². The van der Waals surface area contributed by atoms with Gasteiger partial charge in [0.25, 0.3) is 0 Å². The Morgan fingerprint density at radius 1 is 0.923 bits per heavy atom. The lowest BCUT2D eigenvalue weighted by molar-refractivity contribution is 0.181. The van der Waals surface area contributed by atoms with Crippen molar-refractivity contribution in [3.63, 3.8) is 0 Å². The summed E-state index contributed by atoms with van der Waals surface area (Å²) in [5, 5.41) is 3.90. The molecule has 0 spiro atoms. The molecule has 2 aliphatic rings. The van der Waals surface area contributed by atoms with E-state index in [9.17, 15) is 0 Å². The van der Waals surface area contributed by atoms with Crippen LogP contribution in [0.2, 0.25) is 0 Å². The van der Waals surface area contributed by atoms with Crippen LogP contribution in [0.15, 0.2) is 60.7 Å². The van der Waals surface area contributed by atoms with Gasteiger partial charge in [0.1, 0.15) is 5.75 Å². The standard InChI is InChI=1S/C23H30N2O/c1-3-8-19(9-4-1)22-18-23(22)24-20-12-15-25(16-13-20)14-7-17-26-21-10-5-2-6-11-21/h1-6,8-11,20,22-24H,7,12-18H2. The van der Waals surface area contributed by atoms with Crippen molar-refractivity contribution in [2.75, 3.05) is 26.2 Å². The molecule has 2 unspecified atom stereocenters. The minimum atomic E-state index is 0.700. The molecule has 26 heavy (non-hydrogen) atoms. The third-order valence-corrected chi connectivity index (χ3v) is 5.69. The van der Waals surface area contributed by atoms with Crippen molar-refractivity contribution >= 4 is 0 Å². The summed E-state index contributed by atoms with van der Waals surface area (Å²) >= 11 is 0. The SMILES string of the molecule is c1ccc(OCCCN2CCC(NC3CC3c3ccccc3)CC2)cc1. The largest absolute Gasteiger partial charge is 0.494 e. The number of ether oxygens (including phenoxy) is 1. The van der Waals surface area contributed by atoms with Crippen LogP contribution in [0, 0.1) is 0 Å². The van der Waals surface area contributed by atoms with Gasteiger partial charge in [-0.15, -0.1) is 0 Å². The van der Waals surface area contributed by atoms with Gasteiger partial charge in [0.15, 0.2) is 0 Å². The van der Waals surface area contributed by atoms with Gasteiger partial charge in [0.2, 0.25) is 0 Å². The second-order valence-electron chi connectivity index (χ2n) is 7.66. The molecular weight excluding hydrogens is 320 g/mol. The number of likely N-dealkylation sites (tertiary alicyclic amines) is 1. The zero-order valence-corrected chi connectivity index (χ0v) is 15.5. The lowest BCUT2D eigenvalue weighted by Crippen LogP contribution is -2.43. The molecule has 4 rings (SSSR count). The van der Waals surface area contributed by atoms with Crippen molar-refractivity contribution in [3.8, 4) is 5.75 Å². The molecule has 1 aliphatic heterocycles. The normalized spacial score (nSPS) is 23.7. The molecule has 3 heteroatoms. The van der Waals surface area contributed by atoms with Gasteiger partial charge in [-0.25, -0.2) is 0 Å². The van der Waals surface area contributed by atoms with Gasteiger partial charge in [-0.3, -0.25) is 0 Å². The average Bonchev–Trinajstić information content (AvgIpc) is 3.47. The first kappa shape index (κ1) is 17.6. The molecule has 1 N–H and O–H groups in total. The van der Waals surface area contributed by atoms with E-state index in [4.69, 9.17) is 4.74 Å². The summed E-state index contributed by atoms with van der Waals surface area (Å²) in [7, 11) is 0. The molecule has 2 atom stereocenters. The fraction of sp³-hybridized carbons (Fsp3) is 0.478. The fourth-order valence-electron chi connectivity index (χ4n) is 4.07. The number of hydrogen-bond acceptors (Lipinski definition) is 3. The van der Waals surface area contributed by atoms with Crippen LogP contribution < -0.4 is 10.1 Å². The Kier molecular flexibility index (Phi) is 5.88. The maximum Gasteiger partial charge on any atom is 0.119 e. The zero-order chi connectivity index (χ0) is 17.6. The lowest BCUT2D eigenvalue weighted by Gasteiger charge is -2.32. The predicted molar refractivity (Wildman–Crippen MR) is 107 cm³/mol.